The lowest BCUT2D eigenvalue weighted by Gasteiger charge is -2.39. The molecule has 1 aromatic rings. The van der Waals surface area contributed by atoms with Crippen molar-refractivity contribution >= 4 is 17.8 Å². The molecule has 0 N–H and O–H groups in total. The maximum absolute atomic E-state index is 12.7. The summed E-state index contributed by atoms with van der Waals surface area (Å²) in [6, 6.07) is 4.51. The largest absolute Gasteiger partial charge is 0.469 e. The Morgan fingerprint density at radius 1 is 1.26 bits per heavy atom. The quantitative estimate of drug-likeness (QED) is 0.689. The zero-order chi connectivity index (χ0) is 19.6. The molecule has 3 heterocycles. The van der Waals surface area contributed by atoms with E-state index >= 15 is 0 Å². The van der Waals surface area contributed by atoms with Crippen LogP contribution in [0.1, 0.15) is 26.2 Å². The van der Waals surface area contributed by atoms with E-state index < -0.39 is 0 Å². The molecule has 27 heavy (non-hydrogen) atoms. The second-order valence-corrected chi connectivity index (χ2v) is 7.05. The first-order valence-corrected chi connectivity index (χ1v) is 9.28. The van der Waals surface area contributed by atoms with Gasteiger partial charge in [0.2, 0.25) is 11.8 Å². The van der Waals surface area contributed by atoms with E-state index in [-0.39, 0.29) is 60.9 Å². The zero-order valence-corrected chi connectivity index (χ0v) is 15.7. The number of nitrogens with zero attached hydrogens (tertiary/aromatic N) is 3. The lowest BCUT2D eigenvalue weighted by Crippen LogP contribution is -2.57. The van der Waals surface area contributed by atoms with Gasteiger partial charge < -0.3 is 19.1 Å². The number of piperazine rings is 1. The van der Waals surface area contributed by atoms with Gasteiger partial charge in [0.05, 0.1) is 25.6 Å². The zero-order valence-electron chi connectivity index (χ0n) is 15.7. The van der Waals surface area contributed by atoms with Gasteiger partial charge in [0.25, 0.3) is 5.56 Å². The number of aromatic nitrogens is 1. The number of amides is 2. The number of methoxy groups -OCH3 is 1. The van der Waals surface area contributed by atoms with Crippen molar-refractivity contribution in [3.63, 3.8) is 0 Å². The molecular weight excluding hydrogens is 350 g/mol. The average molecular weight is 375 g/mol. The molecule has 2 aliphatic rings. The van der Waals surface area contributed by atoms with Crippen LogP contribution in [0.2, 0.25) is 0 Å². The predicted octanol–water partition coefficient (Wildman–Crippen LogP) is 0.249. The van der Waals surface area contributed by atoms with Crippen LogP contribution in [-0.4, -0.2) is 64.4 Å². The Balaban J connectivity index is 1.66. The first-order chi connectivity index (χ1) is 13.0. The number of rotatable bonds is 5. The van der Waals surface area contributed by atoms with E-state index in [1.54, 1.807) is 28.1 Å². The minimum atomic E-state index is -0.341. The summed E-state index contributed by atoms with van der Waals surface area (Å²) in [5, 5.41) is 0. The highest BCUT2D eigenvalue weighted by Gasteiger charge is 2.49. The fourth-order valence-electron chi connectivity index (χ4n) is 4.24. The first kappa shape index (κ1) is 19.1. The Morgan fingerprint density at radius 2 is 2.04 bits per heavy atom. The second-order valence-electron chi connectivity index (χ2n) is 7.05. The molecule has 0 saturated carbocycles. The molecule has 0 aromatic carbocycles. The van der Waals surface area contributed by atoms with Gasteiger partial charge in [-0.05, 0) is 18.9 Å². The summed E-state index contributed by atoms with van der Waals surface area (Å²) in [6.07, 6.45) is 2.98. The highest BCUT2D eigenvalue weighted by Crippen LogP contribution is 2.35. The van der Waals surface area contributed by atoms with E-state index in [0.29, 0.717) is 19.4 Å². The lowest BCUT2D eigenvalue weighted by atomic mass is 9.97. The van der Waals surface area contributed by atoms with Crippen molar-refractivity contribution in [1.82, 2.24) is 14.4 Å². The molecule has 3 atom stereocenters. The summed E-state index contributed by atoms with van der Waals surface area (Å²) in [5.74, 6) is -0.930. The smallest absolute Gasteiger partial charge is 0.310 e. The number of fused-ring (bicyclic) bond motifs is 1. The highest BCUT2D eigenvalue weighted by atomic mass is 16.5. The van der Waals surface area contributed by atoms with Gasteiger partial charge in [-0.2, -0.15) is 0 Å². The molecule has 0 unspecified atom stereocenters. The average Bonchev–Trinajstić information content (AvgIpc) is 3.05. The third kappa shape index (κ3) is 3.74. The normalized spacial score (nSPS) is 24.7. The van der Waals surface area contributed by atoms with Crippen LogP contribution in [0.4, 0.5) is 0 Å². The number of pyridine rings is 1. The first-order valence-electron chi connectivity index (χ1n) is 9.28. The topological polar surface area (TPSA) is 88.9 Å². The number of aryl methyl sites for hydroxylation is 1. The molecule has 0 radical (unpaired) electrons. The van der Waals surface area contributed by atoms with Gasteiger partial charge in [-0.1, -0.05) is 13.0 Å². The van der Waals surface area contributed by atoms with Crippen molar-refractivity contribution in [3.05, 3.63) is 34.7 Å². The summed E-state index contributed by atoms with van der Waals surface area (Å²) in [6.45, 7) is 2.66. The van der Waals surface area contributed by atoms with Crippen LogP contribution >= 0.6 is 0 Å². The standard InChI is InChI=1S/C19H25N3O5/c1-3-15-14(19(26)27-2)10-13-11-21(12-18(25)22(13)15)17(24)7-9-20-8-5-4-6-16(20)23/h4-6,8,13-15H,3,7,9-12H2,1-2H3/t13-,14-,15-/m0/s1. The summed E-state index contributed by atoms with van der Waals surface area (Å²) < 4.78 is 6.37. The maximum atomic E-state index is 12.7. The van der Waals surface area contributed by atoms with Gasteiger partial charge in [0.1, 0.15) is 0 Å². The summed E-state index contributed by atoms with van der Waals surface area (Å²) in [4.78, 5) is 52.4. The monoisotopic (exact) mass is 375 g/mol. The fraction of sp³-hybridized carbons (Fsp3) is 0.579. The van der Waals surface area contributed by atoms with E-state index in [1.807, 2.05) is 6.92 Å². The van der Waals surface area contributed by atoms with Crippen LogP contribution in [0.5, 0.6) is 0 Å². The van der Waals surface area contributed by atoms with E-state index in [9.17, 15) is 19.2 Å². The second kappa shape index (κ2) is 7.94. The molecule has 0 spiro atoms. The summed E-state index contributed by atoms with van der Waals surface area (Å²) in [5.41, 5.74) is -0.159. The molecule has 8 heteroatoms. The van der Waals surface area contributed by atoms with Crippen LogP contribution in [0.3, 0.4) is 0 Å². The molecule has 2 amide bonds. The Bertz CT molecular complexity index is 790. The number of esters is 1. The van der Waals surface area contributed by atoms with Crippen LogP contribution in [0.15, 0.2) is 29.2 Å². The molecule has 2 aliphatic heterocycles. The van der Waals surface area contributed by atoms with Crippen molar-refractivity contribution in [2.24, 2.45) is 5.92 Å². The molecule has 146 valence electrons. The number of ether oxygens (including phenoxy) is 1. The van der Waals surface area contributed by atoms with Gasteiger partial charge >= 0.3 is 5.97 Å². The van der Waals surface area contributed by atoms with Crippen LogP contribution < -0.4 is 5.56 Å². The third-order valence-corrected chi connectivity index (χ3v) is 5.53. The molecule has 3 rings (SSSR count). The lowest BCUT2D eigenvalue weighted by molar-refractivity contribution is -0.150. The Labute approximate surface area is 157 Å². The van der Waals surface area contributed by atoms with Crippen molar-refractivity contribution in [2.75, 3.05) is 20.2 Å². The van der Waals surface area contributed by atoms with Gasteiger partial charge in [-0.3, -0.25) is 19.2 Å². The van der Waals surface area contributed by atoms with Crippen molar-refractivity contribution in [2.45, 2.75) is 44.8 Å². The van der Waals surface area contributed by atoms with Crippen molar-refractivity contribution in [1.29, 1.82) is 0 Å². The van der Waals surface area contributed by atoms with Gasteiger partial charge in [0.15, 0.2) is 0 Å². The molecule has 0 aliphatic carbocycles. The Hall–Kier alpha value is -2.64. The van der Waals surface area contributed by atoms with E-state index in [2.05, 4.69) is 0 Å². The molecular formula is C19H25N3O5. The Morgan fingerprint density at radius 3 is 2.70 bits per heavy atom. The van der Waals surface area contributed by atoms with Crippen LogP contribution in [0.25, 0.3) is 0 Å². The van der Waals surface area contributed by atoms with Gasteiger partial charge in [-0.15, -0.1) is 0 Å². The van der Waals surface area contributed by atoms with Crippen LogP contribution in [-0.2, 0) is 25.7 Å². The van der Waals surface area contributed by atoms with E-state index in [0.717, 1.165) is 0 Å². The Kier molecular flexibility index (Phi) is 5.62. The molecule has 0 bridgehead atoms. The maximum Gasteiger partial charge on any atom is 0.310 e. The molecule has 8 nitrogen and oxygen atoms in total. The minimum absolute atomic E-state index is 0.0173. The summed E-state index contributed by atoms with van der Waals surface area (Å²) >= 11 is 0. The van der Waals surface area contributed by atoms with Crippen molar-refractivity contribution in [3.8, 4) is 0 Å². The van der Waals surface area contributed by atoms with Gasteiger partial charge in [-0.25, -0.2) is 0 Å². The predicted molar refractivity (Wildman–Crippen MR) is 96.7 cm³/mol. The molecule has 2 saturated heterocycles. The number of carbonyl (C=O) groups is 3. The number of hydrogen-bond acceptors (Lipinski definition) is 5. The fourth-order valence-corrected chi connectivity index (χ4v) is 4.24. The number of hydrogen-bond donors (Lipinski definition) is 0. The van der Waals surface area contributed by atoms with E-state index in [1.165, 1.54) is 17.7 Å². The summed E-state index contributed by atoms with van der Waals surface area (Å²) in [7, 11) is 1.36. The molecule has 2 fully saturated rings. The third-order valence-electron chi connectivity index (χ3n) is 5.53. The SMILES string of the molecule is CC[C@H]1[C@@H](C(=O)OC)C[C@H]2CN(C(=O)CCn3ccccc3=O)CC(=O)N21. The van der Waals surface area contributed by atoms with E-state index in [4.69, 9.17) is 4.74 Å². The number of carbonyl (C=O) groups excluding carboxylic acids is 3. The van der Waals surface area contributed by atoms with Crippen molar-refractivity contribution < 1.29 is 19.1 Å². The van der Waals surface area contributed by atoms with Crippen LogP contribution in [0, 0.1) is 5.92 Å². The highest BCUT2D eigenvalue weighted by molar-refractivity contribution is 5.88. The van der Waals surface area contributed by atoms with Gasteiger partial charge in [0, 0.05) is 37.8 Å². The minimum Gasteiger partial charge on any atom is -0.469 e. The molecule has 1 aromatic heterocycles.